The Kier molecular flexibility index (Phi) is 11.5. The van der Waals surface area contributed by atoms with Crippen molar-refractivity contribution in [3.8, 4) is 11.5 Å². The van der Waals surface area contributed by atoms with Crippen molar-refractivity contribution < 1.29 is 93.2 Å². The Labute approximate surface area is 362 Å². The van der Waals surface area contributed by atoms with Crippen LogP contribution >= 0.6 is 0 Å². The SMILES string of the molecule is CC(C)(C)C1=Nc2ccc(Oc3ccc4c(c3)C(C(F)(F)F)(C(F)(F)F)OC(c3ccc(C(c5ccc(C(C)(C)C)cc5)(C(F)(F)F)C(F)(F)F)cc3)=N4)cc2C(C(F)(F)F)(C(F)(F)F)O1. The Hall–Kier alpha value is -5.64. The largest absolute Gasteiger partial charge is 0.457 e. The molecule has 0 aromatic heterocycles. The lowest BCUT2D eigenvalue weighted by atomic mass is 9.72. The van der Waals surface area contributed by atoms with Gasteiger partial charge in [-0.3, -0.25) is 0 Å². The van der Waals surface area contributed by atoms with Crippen molar-refractivity contribution >= 4 is 23.2 Å². The maximum Gasteiger partial charge on any atom is 0.442 e. The van der Waals surface area contributed by atoms with Crippen molar-refractivity contribution in [1.82, 2.24) is 0 Å². The van der Waals surface area contributed by atoms with Crippen LogP contribution in [0.1, 0.15) is 74.9 Å². The average Bonchev–Trinajstić information content (AvgIpc) is 3.14. The van der Waals surface area contributed by atoms with Crippen LogP contribution in [0, 0.1) is 5.41 Å². The molecule has 0 radical (unpaired) electrons. The molecule has 358 valence electrons. The summed E-state index contributed by atoms with van der Waals surface area (Å²) in [7, 11) is 0. The summed E-state index contributed by atoms with van der Waals surface area (Å²) in [4.78, 5) is 7.41. The second-order valence-corrected chi connectivity index (χ2v) is 17.3. The number of aliphatic imine (C=N–C) groups is 2. The smallest absolute Gasteiger partial charge is 0.442 e. The summed E-state index contributed by atoms with van der Waals surface area (Å²) in [6.07, 6.45) is -37.8. The van der Waals surface area contributed by atoms with Crippen LogP contribution < -0.4 is 4.74 Å². The van der Waals surface area contributed by atoms with Gasteiger partial charge in [0.15, 0.2) is 5.90 Å². The van der Waals surface area contributed by atoms with E-state index in [9.17, 15) is 79.0 Å². The van der Waals surface area contributed by atoms with E-state index in [1.165, 1.54) is 20.8 Å². The van der Waals surface area contributed by atoms with Gasteiger partial charge in [-0.2, -0.15) is 79.0 Å². The van der Waals surface area contributed by atoms with Gasteiger partial charge in [-0.1, -0.05) is 77.9 Å². The summed E-state index contributed by atoms with van der Waals surface area (Å²) < 4.78 is 281. The molecule has 0 N–H and O–H groups in total. The summed E-state index contributed by atoms with van der Waals surface area (Å²) in [6.45, 7) is 8.50. The van der Waals surface area contributed by atoms with E-state index in [-0.39, 0.29) is 24.3 Å². The van der Waals surface area contributed by atoms with Gasteiger partial charge in [0, 0.05) is 22.1 Å². The molecule has 66 heavy (non-hydrogen) atoms. The van der Waals surface area contributed by atoms with Gasteiger partial charge in [0.25, 0.3) is 0 Å². The molecule has 0 atom stereocenters. The molecule has 2 heterocycles. The van der Waals surface area contributed by atoms with Crippen LogP contribution in [0.3, 0.4) is 0 Å². The number of hydrogen-bond acceptors (Lipinski definition) is 5. The Morgan fingerprint density at radius 3 is 1.15 bits per heavy atom. The lowest BCUT2D eigenvalue weighted by Crippen LogP contribution is -2.58. The normalized spacial score (nSPS) is 17.2. The maximum atomic E-state index is 15.0. The first-order valence-electron chi connectivity index (χ1n) is 18.9. The highest BCUT2D eigenvalue weighted by Gasteiger charge is 2.78. The van der Waals surface area contributed by atoms with Crippen LogP contribution in [0.5, 0.6) is 11.5 Å². The van der Waals surface area contributed by atoms with Crippen LogP contribution in [0.25, 0.3) is 0 Å². The van der Waals surface area contributed by atoms with Gasteiger partial charge in [0.1, 0.15) is 11.5 Å². The van der Waals surface area contributed by atoms with Crippen LogP contribution in [-0.2, 0) is 31.5 Å². The Balaban J connectivity index is 1.48. The van der Waals surface area contributed by atoms with Gasteiger partial charge < -0.3 is 14.2 Å². The predicted octanol–water partition coefficient (Wildman–Crippen LogP) is 15.0. The molecular formula is C43H32F18N2O3. The first-order chi connectivity index (χ1) is 29.7. The minimum Gasteiger partial charge on any atom is -0.457 e. The summed E-state index contributed by atoms with van der Waals surface area (Å²) in [6, 6.07) is 6.83. The van der Waals surface area contributed by atoms with Crippen LogP contribution in [0.2, 0.25) is 0 Å². The molecule has 23 heteroatoms. The van der Waals surface area contributed by atoms with E-state index >= 15 is 0 Å². The number of ether oxygens (including phenoxy) is 3. The zero-order valence-electron chi connectivity index (χ0n) is 34.5. The molecule has 0 spiro atoms. The van der Waals surface area contributed by atoms with E-state index in [0.29, 0.717) is 48.0 Å². The van der Waals surface area contributed by atoms with Crippen LogP contribution in [-0.4, -0.2) is 48.9 Å². The van der Waals surface area contributed by atoms with Crippen LogP contribution in [0.4, 0.5) is 90.4 Å². The Morgan fingerprint density at radius 2 is 0.788 bits per heavy atom. The number of hydrogen-bond donors (Lipinski definition) is 0. The van der Waals surface area contributed by atoms with Crippen molar-refractivity contribution in [2.75, 3.05) is 0 Å². The number of rotatable bonds is 5. The molecule has 4 aromatic carbocycles. The van der Waals surface area contributed by atoms with Crippen molar-refractivity contribution in [3.63, 3.8) is 0 Å². The Bertz CT molecular complexity index is 2510. The molecule has 6 rings (SSSR count). The van der Waals surface area contributed by atoms with E-state index in [2.05, 4.69) is 19.5 Å². The quantitative estimate of drug-likeness (QED) is 0.187. The zero-order valence-corrected chi connectivity index (χ0v) is 34.5. The molecule has 0 amide bonds. The fraction of sp³-hybridized carbons (Fsp3) is 0.395. The van der Waals surface area contributed by atoms with E-state index in [0.717, 1.165) is 18.2 Å². The molecule has 2 aliphatic rings. The van der Waals surface area contributed by atoms with Gasteiger partial charge in [-0.15, -0.1) is 0 Å². The molecule has 5 nitrogen and oxygen atoms in total. The molecule has 0 saturated carbocycles. The first-order valence-corrected chi connectivity index (χ1v) is 18.9. The molecule has 0 saturated heterocycles. The van der Waals surface area contributed by atoms with Gasteiger partial charge in [0.2, 0.25) is 11.3 Å². The van der Waals surface area contributed by atoms with Crippen molar-refractivity contribution in [2.24, 2.45) is 15.4 Å². The van der Waals surface area contributed by atoms with Gasteiger partial charge in [0.05, 0.1) is 11.4 Å². The Morgan fingerprint density at radius 1 is 0.424 bits per heavy atom. The van der Waals surface area contributed by atoms with E-state index in [1.54, 1.807) is 20.8 Å². The van der Waals surface area contributed by atoms with Crippen molar-refractivity contribution in [3.05, 3.63) is 118 Å². The lowest BCUT2D eigenvalue weighted by Gasteiger charge is -2.42. The number of halogens is 18. The highest BCUT2D eigenvalue weighted by molar-refractivity contribution is 5.98. The molecule has 4 aromatic rings. The van der Waals surface area contributed by atoms with Gasteiger partial charge in [-0.25, -0.2) is 9.98 Å². The summed E-state index contributed by atoms with van der Waals surface area (Å²) in [5.41, 5.74) is -26.7. The second kappa shape index (κ2) is 15.2. The minimum atomic E-state index is -6.52. The highest BCUT2D eigenvalue weighted by atomic mass is 19.4. The fourth-order valence-corrected chi connectivity index (χ4v) is 7.39. The fourth-order valence-electron chi connectivity index (χ4n) is 7.39. The third-order valence-electron chi connectivity index (χ3n) is 10.7. The third-order valence-corrected chi connectivity index (χ3v) is 10.7. The predicted molar refractivity (Wildman–Crippen MR) is 200 cm³/mol. The van der Waals surface area contributed by atoms with E-state index in [1.807, 2.05) is 0 Å². The van der Waals surface area contributed by atoms with Gasteiger partial charge in [-0.05, 0) is 70.6 Å². The van der Waals surface area contributed by atoms with E-state index in [4.69, 9.17) is 4.74 Å². The molecule has 0 fully saturated rings. The molecule has 0 aliphatic carbocycles. The number of nitrogens with zero attached hydrogens (tertiary/aromatic N) is 2. The molecule has 0 unspecified atom stereocenters. The molecule has 2 aliphatic heterocycles. The number of alkyl halides is 18. The van der Waals surface area contributed by atoms with Gasteiger partial charge >= 0.3 is 48.3 Å². The van der Waals surface area contributed by atoms with Crippen LogP contribution in [0.15, 0.2) is 94.9 Å². The third kappa shape index (κ3) is 7.85. The summed E-state index contributed by atoms with van der Waals surface area (Å²) in [5, 5.41) is 0. The first kappa shape index (κ1) is 49.8. The lowest BCUT2D eigenvalue weighted by molar-refractivity contribution is -0.371. The number of fused-ring (bicyclic) bond motifs is 2. The molecular weight excluding hydrogens is 934 g/mol. The van der Waals surface area contributed by atoms with E-state index < -0.39 is 127 Å². The summed E-state index contributed by atoms with van der Waals surface area (Å²) >= 11 is 0. The summed E-state index contributed by atoms with van der Waals surface area (Å²) in [5.74, 6) is -4.62. The second-order valence-electron chi connectivity index (χ2n) is 17.3. The zero-order chi connectivity index (χ0) is 49.9. The highest BCUT2D eigenvalue weighted by Crippen LogP contribution is 2.61. The average molecular weight is 967 g/mol. The monoisotopic (exact) mass is 966 g/mol. The number of benzene rings is 4. The minimum absolute atomic E-state index is 0.0260. The topological polar surface area (TPSA) is 52.4 Å². The maximum absolute atomic E-state index is 15.0. The van der Waals surface area contributed by atoms with Crippen molar-refractivity contribution in [2.45, 2.75) is 101 Å². The molecule has 0 bridgehead atoms. The van der Waals surface area contributed by atoms with Crippen molar-refractivity contribution in [1.29, 1.82) is 0 Å². The standard InChI is InChI=1S/C43H32F18N2O3/c1-33(2,3)22-11-13-24(14-12-22)35(38(44,45)46,39(47,48)49)23-9-7-21(8-10-23)31-62-29-17-15-25(19-27(29)36(65-31,40(50,51)52)41(53,54)55)64-26-16-18-30-28(20-26)37(42(56,57)58,43(59,60)61)66-32(63-30)34(4,5)6/h7-20H,1-6H3.